The first-order chi connectivity index (χ1) is 13.8. The van der Waals surface area contributed by atoms with Gasteiger partial charge in [0, 0.05) is 37.6 Å². The van der Waals surface area contributed by atoms with Crippen molar-refractivity contribution in [1.29, 1.82) is 0 Å². The number of benzene rings is 1. The molecule has 1 N–H and O–H groups in total. The summed E-state index contributed by atoms with van der Waals surface area (Å²) in [6.45, 7) is 2.15. The van der Waals surface area contributed by atoms with E-state index >= 15 is 0 Å². The Morgan fingerprint density at radius 1 is 1.21 bits per heavy atom. The summed E-state index contributed by atoms with van der Waals surface area (Å²) < 4.78 is 11.6. The monoisotopic (exact) mass is 417 g/mol. The molecule has 1 amide bonds. The fraction of sp³-hybridized carbons (Fsp3) is 0.455. The number of carbonyl (C=O) groups is 1. The summed E-state index contributed by atoms with van der Waals surface area (Å²) in [6.07, 6.45) is 8.41. The van der Waals surface area contributed by atoms with E-state index in [2.05, 4.69) is 10.3 Å². The Balaban J connectivity index is 0.00000240. The highest BCUT2D eigenvalue weighted by Crippen LogP contribution is 2.33. The van der Waals surface area contributed by atoms with Gasteiger partial charge in [-0.3, -0.25) is 9.78 Å². The van der Waals surface area contributed by atoms with Crippen molar-refractivity contribution in [2.45, 2.75) is 37.8 Å². The number of nitrogens with one attached hydrogen (secondary N) is 1. The molecule has 0 radical (unpaired) electrons. The zero-order valence-electron chi connectivity index (χ0n) is 16.7. The van der Waals surface area contributed by atoms with Crippen molar-refractivity contribution < 1.29 is 14.3 Å². The topological polar surface area (TPSA) is 63.7 Å². The maximum absolute atomic E-state index is 13.3. The van der Waals surface area contributed by atoms with Crippen LogP contribution in [-0.4, -0.2) is 48.6 Å². The average molecular weight is 418 g/mol. The molecule has 1 unspecified atom stereocenters. The van der Waals surface area contributed by atoms with E-state index in [1.165, 1.54) is 12.8 Å². The Labute approximate surface area is 178 Å². The summed E-state index contributed by atoms with van der Waals surface area (Å²) in [4.78, 5) is 19.4. The summed E-state index contributed by atoms with van der Waals surface area (Å²) >= 11 is 0. The van der Waals surface area contributed by atoms with Crippen LogP contribution in [0.3, 0.4) is 0 Å². The van der Waals surface area contributed by atoms with E-state index in [9.17, 15) is 4.79 Å². The molecule has 1 aliphatic heterocycles. The van der Waals surface area contributed by atoms with Crippen molar-refractivity contribution >= 4 is 18.3 Å². The number of nitrogens with zero attached hydrogens (tertiary/aromatic N) is 2. The molecule has 0 spiro atoms. The molecule has 6 nitrogen and oxygen atoms in total. The molecule has 4 rings (SSSR count). The van der Waals surface area contributed by atoms with Gasteiger partial charge in [0.15, 0.2) is 11.5 Å². The number of ether oxygens (including phenoxy) is 2. The van der Waals surface area contributed by atoms with Gasteiger partial charge in [0.1, 0.15) is 0 Å². The van der Waals surface area contributed by atoms with Crippen LogP contribution < -0.4 is 14.8 Å². The number of rotatable bonds is 5. The lowest BCUT2D eigenvalue weighted by Crippen LogP contribution is -2.48. The molecule has 0 bridgehead atoms. The number of carbonyl (C=O) groups excluding carboxylic acids is 1. The Morgan fingerprint density at radius 3 is 2.76 bits per heavy atom. The molecular weight excluding hydrogens is 390 g/mol. The van der Waals surface area contributed by atoms with Crippen LogP contribution >= 0.6 is 12.4 Å². The predicted molar refractivity (Wildman–Crippen MR) is 114 cm³/mol. The van der Waals surface area contributed by atoms with Crippen LogP contribution in [0.4, 0.5) is 0 Å². The maximum Gasteiger partial charge on any atom is 0.254 e. The van der Waals surface area contributed by atoms with Crippen LogP contribution in [0.2, 0.25) is 0 Å². The Morgan fingerprint density at radius 2 is 2.03 bits per heavy atom. The van der Waals surface area contributed by atoms with Crippen molar-refractivity contribution in [3.05, 3.63) is 53.9 Å². The van der Waals surface area contributed by atoms with Crippen LogP contribution in [0.5, 0.6) is 11.5 Å². The van der Waals surface area contributed by atoms with Crippen LogP contribution in [0.25, 0.3) is 0 Å². The number of pyridine rings is 1. The number of methoxy groups -OCH3 is 1. The molecule has 156 valence electrons. The summed E-state index contributed by atoms with van der Waals surface area (Å²) in [5, 5.41) is 3.38. The third-order valence-electron chi connectivity index (χ3n) is 5.58. The minimum Gasteiger partial charge on any atom is -0.493 e. The van der Waals surface area contributed by atoms with Crippen LogP contribution in [-0.2, 0) is 0 Å². The zero-order valence-corrected chi connectivity index (χ0v) is 17.5. The number of aromatic nitrogens is 1. The molecule has 2 aliphatic rings. The molecular formula is C22H28ClN3O3. The molecule has 7 heteroatoms. The third-order valence-corrected chi connectivity index (χ3v) is 5.58. The van der Waals surface area contributed by atoms with Crippen molar-refractivity contribution in [3.8, 4) is 11.5 Å². The SMILES string of the molecule is COc1cc(C(=O)N2CCNCC2c2cccnc2)ccc1OC1CCCC1.Cl. The van der Waals surface area contributed by atoms with Gasteiger partial charge in [0.05, 0.1) is 19.3 Å². The standard InChI is InChI=1S/C22H27N3O3.ClH/c1-27-21-13-16(8-9-20(21)28-18-6-2-3-7-18)22(26)25-12-11-24-15-19(25)17-5-4-10-23-14-17;/h4-5,8-10,13-14,18-19,24H,2-3,6-7,11-12,15H2,1H3;1H. The summed E-state index contributed by atoms with van der Waals surface area (Å²) in [5.41, 5.74) is 1.66. The van der Waals surface area contributed by atoms with E-state index < -0.39 is 0 Å². The smallest absolute Gasteiger partial charge is 0.254 e. The third kappa shape index (κ3) is 4.82. The fourth-order valence-electron chi connectivity index (χ4n) is 4.07. The molecule has 1 aromatic carbocycles. The molecule has 1 aliphatic carbocycles. The van der Waals surface area contributed by atoms with Gasteiger partial charge in [-0.25, -0.2) is 0 Å². The van der Waals surface area contributed by atoms with E-state index in [0.29, 0.717) is 17.9 Å². The molecule has 1 aromatic heterocycles. The first-order valence-corrected chi connectivity index (χ1v) is 10.0. The van der Waals surface area contributed by atoms with Crippen molar-refractivity contribution in [1.82, 2.24) is 15.2 Å². The number of amides is 1. The largest absolute Gasteiger partial charge is 0.493 e. The number of halogens is 1. The van der Waals surface area contributed by atoms with Gasteiger partial charge in [-0.15, -0.1) is 12.4 Å². The van der Waals surface area contributed by atoms with Crippen molar-refractivity contribution in [2.75, 3.05) is 26.7 Å². The normalized spacial score (nSPS) is 19.5. The second kappa shape index (κ2) is 9.94. The Bertz CT molecular complexity index is 812. The highest BCUT2D eigenvalue weighted by Gasteiger charge is 2.29. The van der Waals surface area contributed by atoms with E-state index in [-0.39, 0.29) is 30.5 Å². The van der Waals surface area contributed by atoms with E-state index in [4.69, 9.17) is 9.47 Å². The molecule has 2 fully saturated rings. The van der Waals surface area contributed by atoms with E-state index in [0.717, 1.165) is 37.2 Å². The molecule has 1 saturated carbocycles. The molecule has 1 atom stereocenters. The minimum atomic E-state index is -0.0321. The first-order valence-electron chi connectivity index (χ1n) is 10.0. The van der Waals surface area contributed by atoms with Crippen LogP contribution in [0.1, 0.15) is 47.6 Å². The van der Waals surface area contributed by atoms with Crippen molar-refractivity contribution in [3.63, 3.8) is 0 Å². The molecule has 1 saturated heterocycles. The summed E-state index contributed by atoms with van der Waals surface area (Å²) in [5.74, 6) is 1.34. The van der Waals surface area contributed by atoms with Gasteiger partial charge < -0.3 is 19.7 Å². The van der Waals surface area contributed by atoms with Crippen LogP contribution in [0, 0.1) is 0 Å². The zero-order chi connectivity index (χ0) is 19.3. The van der Waals surface area contributed by atoms with Gasteiger partial charge in [-0.2, -0.15) is 0 Å². The fourth-order valence-corrected chi connectivity index (χ4v) is 4.07. The van der Waals surface area contributed by atoms with Crippen LogP contribution in [0.15, 0.2) is 42.7 Å². The lowest BCUT2D eigenvalue weighted by Gasteiger charge is -2.36. The highest BCUT2D eigenvalue weighted by atomic mass is 35.5. The number of hydrogen-bond acceptors (Lipinski definition) is 5. The highest BCUT2D eigenvalue weighted by molar-refractivity contribution is 5.95. The lowest BCUT2D eigenvalue weighted by molar-refractivity contribution is 0.0633. The minimum absolute atomic E-state index is 0. The predicted octanol–water partition coefficient (Wildman–Crippen LogP) is 3.62. The maximum atomic E-state index is 13.3. The number of hydrogen-bond donors (Lipinski definition) is 1. The molecule has 2 heterocycles. The summed E-state index contributed by atoms with van der Waals surface area (Å²) in [7, 11) is 1.62. The van der Waals surface area contributed by atoms with E-state index in [1.54, 1.807) is 19.4 Å². The average Bonchev–Trinajstić information content (AvgIpc) is 3.27. The van der Waals surface area contributed by atoms with Gasteiger partial charge in [0.25, 0.3) is 5.91 Å². The van der Waals surface area contributed by atoms with E-state index in [1.807, 2.05) is 35.4 Å². The molecule has 2 aromatic rings. The van der Waals surface area contributed by atoms with Gasteiger partial charge >= 0.3 is 0 Å². The van der Waals surface area contributed by atoms with Gasteiger partial charge in [-0.1, -0.05) is 6.07 Å². The Kier molecular flexibility index (Phi) is 7.34. The first kappa shape index (κ1) is 21.4. The molecule has 29 heavy (non-hydrogen) atoms. The van der Waals surface area contributed by atoms with Gasteiger partial charge in [-0.05, 0) is 55.5 Å². The summed E-state index contributed by atoms with van der Waals surface area (Å²) in [6, 6.07) is 9.41. The van der Waals surface area contributed by atoms with Gasteiger partial charge in [0.2, 0.25) is 0 Å². The Hall–Kier alpha value is -2.31. The second-order valence-electron chi connectivity index (χ2n) is 7.39. The number of piperazine rings is 1. The lowest BCUT2D eigenvalue weighted by atomic mass is 10.0. The quantitative estimate of drug-likeness (QED) is 0.804. The second-order valence-corrected chi connectivity index (χ2v) is 7.39. The van der Waals surface area contributed by atoms with Crippen molar-refractivity contribution in [2.24, 2.45) is 0 Å².